The van der Waals surface area contributed by atoms with Crippen molar-refractivity contribution in [2.24, 2.45) is 0 Å². The zero-order valence-corrected chi connectivity index (χ0v) is 16.6. The summed E-state index contributed by atoms with van der Waals surface area (Å²) in [4.78, 5) is 26.6. The number of carbonyl (C=O) groups is 2. The lowest BCUT2D eigenvalue weighted by atomic mass is 10.1. The average molecular weight is 402 g/mol. The van der Waals surface area contributed by atoms with Crippen molar-refractivity contribution in [2.75, 3.05) is 25.3 Å². The number of esters is 1. The number of ether oxygens (including phenoxy) is 2. The largest absolute Gasteiger partial charge is 0.496 e. The van der Waals surface area contributed by atoms with Gasteiger partial charge in [0.15, 0.2) is 6.61 Å². The third-order valence-corrected chi connectivity index (χ3v) is 6.18. The Morgan fingerprint density at radius 1 is 1.37 bits per heavy atom. The van der Waals surface area contributed by atoms with Crippen LogP contribution in [0.25, 0.3) is 0 Å². The Morgan fingerprint density at radius 3 is 2.89 bits per heavy atom. The first kappa shape index (κ1) is 19.3. The van der Waals surface area contributed by atoms with E-state index >= 15 is 0 Å². The van der Waals surface area contributed by atoms with Gasteiger partial charge >= 0.3 is 5.97 Å². The van der Waals surface area contributed by atoms with E-state index in [1.807, 2.05) is 6.26 Å². The molecule has 1 aliphatic rings. The molecule has 0 saturated carbocycles. The van der Waals surface area contributed by atoms with E-state index in [0.717, 1.165) is 34.6 Å². The Kier molecular flexibility index (Phi) is 6.04. The average Bonchev–Trinajstić information content (AvgIpc) is 3.26. The molecule has 8 heteroatoms. The SMILES string of the molecule is COc1cc(SC)ccc1C(=O)OCC(=O)Nc1sc2c(c1C#N)CCC2. The standard InChI is InChI=1S/C19H18N2O4S2/c1-24-15-8-11(26-2)6-7-13(15)19(23)25-10-17(22)21-18-14(9-20)12-4-3-5-16(12)27-18/h6-8H,3-5,10H2,1-2H3,(H,21,22). The molecule has 27 heavy (non-hydrogen) atoms. The van der Waals surface area contributed by atoms with Crippen LogP contribution in [-0.4, -0.2) is 31.8 Å². The van der Waals surface area contributed by atoms with Gasteiger partial charge in [-0.2, -0.15) is 5.26 Å². The first-order valence-corrected chi connectivity index (χ1v) is 10.3. The van der Waals surface area contributed by atoms with E-state index in [1.165, 1.54) is 30.2 Å². The Hall–Kier alpha value is -2.50. The molecule has 0 fully saturated rings. The summed E-state index contributed by atoms with van der Waals surface area (Å²) in [6, 6.07) is 7.31. The van der Waals surface area contributed by atoms with E-state index in [0.29, 0.717) is 16.3 Å². The molecule has 1 aliphatic carbocycles. The van der Waals surface area contributed by atoms with Crippen molar-refractivity contribution in [3.05, 3.63) is 39.8 Å². The number of anilines is 1. The summed E-state index contributed by atoms with van der Waals surface area (Å²) < 4.78 is 10.3. The predicted octanol–water partition coefficient (Wildman–Crippen LogP) is 3.63. The van der Waals surface area contributed by atoms with Gasteiger partial charge in [0.2, 0.25) is 0 Å². The summed E-state index contributed by atoms with van der Waals surface area (Å²) in [7, 11) is 1.47. The molecule has 1 aromatic carbocycles. The van der Waals surface area contributed by atoms with Gasteiger partial charge in [0.1, 0.15) is 22.4 Å². The van der Waals surface area contributed by atoms with E-state index < -0.39 is 18.5 Å². The Morgan fingerprint density at radius 2 is 2.19 bits per heavy atom. The molecule has 0 saturated heterocycles. The molecule has 0 radical (unpaired) electrons. The minimum absolute atomic E-state index is 0.260. The van der Waals surface area contributed by atoms with Crippen molar-refractivity contribution in [3.63, 3.8) is 0 Å². The van der Waals surface area contributed by atoms with Gasteiger partial charge in [-0.3, -0.25) is 4.79 Å². The van der Waals surface area contributed by atoms with Gasteiger partial charge in [-0.05, 0) is 49.3 Å². The van der Waals surface area contributed by atoms with Gasteiger partial charge < -0.3 is 14.8 Å². The number of carbonyl (C=O) groups excluding carboxylic acids is 2. The van der Waals surface area contributed by atoms with Crippen LogP contribution in [0.15, 0.2) is 23.1 Å². The lowest BCUT2D eigenvalue weighted by Crippen LogP contribution is -2.21. The lowest BCUT2D eigenvalue weighted by Gasteiger charge is -2.10. The van der Waals surface area contributed by atoms with Crippen LogP contribution < -0.4 is 10.1 Å². The molecule has 1 aromatic heterocycles. The molecule has 0 aliphatic heterocycles. The van der Waals surface area contributed by atoms with Crippen molar-refractivity contribution in [1.29, 1.82) is 5.26 Å². The van der Waals surface area contributed by atoms with Crippen LogP contribution in [0, 0.1) is 11.3 Å². The van der Waals surface area contributed by atoms with Crippen LogP contribution >= 0.6 is 23.1 Å². The summed E-state index contributed by atoms with van der Waals surface area (Å²) in [5, 5.41) is 12.6. The highest BCUT2D eigenvalue weighted by atomic mass is 32.2. The van der Waals surface area contributed by atoms with Gasteiger partial charge in [-0.1, -0.05) is 0 Å². The number of benzene rings is 1. The minimum Gasteiger partial charge on any atom is -0.496 e. The zero-order chi connectivity index (χ0) is 19.4. The molecule has 3 rings (SSSR count). The van der Waals surface area contributed by atoms with Crippen molar-refractivity contribution in [3.8, 4) is 11.8 Å². The van der Waals surface area contributed by atoms with E-state index in [1.54, 1.807) is 18.2 Å². The van der Waals surface area contributed by atoms with Crippen LogP contribution in [0.3, 0.4) is 0 Å². The van der Waals surface area contributed by atoms with Gasteiger partial charge in [0.05, 0.1) is 12.7 Å². The first-order chi connectivity index (χ1) is 13.1. The highest BCUT2D eigenvalue weighted by Crippen LogP contribution is 2.38. The normalized spacial score (nSPS) is 12.2. The Labute approximate surface area is 165 Å². The number of thiophene rings is 1. The fourth-order valence-electron chi connectivity index (χ4n) is 2.95. The highest BCUT2D eigenvalue weighted by Gasteiger charge is 2.23. The number of nitriles is 1. The predicted molar refractivity (Wildman–Crippen MR) is 105 cm³/mol. The molecule has 1 amide bonds. The molecule has 2 aromatic rings. The van der Waals surface area contributed by atoms with E-state index in [4.69, 9.17) is 9.47 Å². The number of methoxy groups -OCH3 is 1. The molecule has 140 valence electrons. The smallest absolute Gasteiger partial charge is 0.342 e. The number of nitrogens with one attached hydrogen (secondary N) is 1. The summed E-state index contributed by atoms with van der Waals surface area (Å²) in [5.41, 5.74) is 1.82. The Balaban J connectivity index is 1.63. The first-order valence-electron chi connectivity index (χ1n) is 8.31. The topological polar surface area (TPSA) is 88.4 Å². The van der Waals surface area contributed by atoms with Crippen molar-refractivity contribution in [2.45, 2.75) is 24.2 Å². The lowest BCUT2D eigenvalue weighted by molar-refractivity contribution is -0.119. The molecular formula is C19H18N2O4S2. The maximum atomic E-state index is 12.3. The van der Waals surface area contributed by atoms with E-state index in [2.05, 4.69) is 11.4 Å². The van der Waals surface area contributed by atoms with Gasteiger partial charge in [-0.15, -0.1) is 23.1 Å². The molecule has 0 atom stereocenters. The molecule has 1 N–H and O–H groups in total. The van der Waals surface area contributed by atoms with E-state index in [-0.39, 0.29) is 5.56 Å². The van der Waals surface area contributed by atoms with Crippen LogP contribution in [0.4, 0.5) is 5.00 Å². The summed E-state index contributed by atoms with van der Waals surface area (Å²) in [6.45, 7) is -0.431. The maximum Gasteiger partial charge on any atom is 0.342 e. The van der Waals surface area contributed by atoms with Gasteiger partial charge in [0, 0.05) is 9.77 Å². The number of amides is 1. The number of nitrogens with zero attached hydrogens (tertiary/aromatic N) is 1. The molecular weight excluding hydrogens is 384 g/mol. The second-order valence-corrected chi connectivity index (χ2v) is 7.85. The van der Waals surface area contributed by atoms with Crippen LogP contribution in [0.1, 0.15) is 32.8 Å². The third-order valence-electron chi connectivity index (χ3n) is 4.25. The Bertz CT molecular complexity index is 931. The second-order valence-electron chi connectivity index (χ2n) is 5.86. The number of thioether (sulfide) groups is 1. The maximum absolute atomic E-state index is 12.3. The monoisotopic (exact) mass is 402 g/mol. The number of hydrogen-bond donors (Lipinski definition) is 1. The second kappa shape index (κ2) is 8.46. The van der Waals surface area contributed by atoms with Crippen LogP contribution in [0.5, 0.6) is 5.75 Å². The third kappa shape index (κ3) is 4.10. The minimum atomic E-state index is -0.635. The van der Waals surface area contributed by atoms with Crippen molar-refractivity contribution < 1.29 is 19.1 Å². The van der Waals surface area contributed by atoms with Crippen LogP contribution in [0.2, 0.25) is 0 Å². The van der Waals surface area contributed by atoms with Gasteiger partial charge in [-0.25, -0.2) is 4.79 Å². The number of rotatable bonds is 6. The summed E-state index contributed by atoms with van der Waals surface area (Å²) >= 11 is 2.96. The summed E-state index contributed by atoms with van der Waals surface area (Å²) in [6.07, 6.45) is 4.77. The number of hydrogen-bond acceptors (Lipinski definition) is 7. The van der Waals surface area contributed by atoms with Crippen molar-refractivity contribution in [1.82, 2.24) is 0 Å². The zero-order valence-electron chi connectivity index (χ0n) is 15.0. The van der Waals surface area contributed by atoms with Gasteiger partial charge in [0.25, 0.3) is 5.91 Å². The summed E-state index contributed by atoms with van der Waals surface area (Å²) in [5.74, 6) is -0.711. The number of aryl methyl sites for hydroxylation is 1. The fourth-order valence-corrected chi connectivity index (χ4v) is 4.63. The highest BCUT2D eigenvalue weighted by molar-refractivity contribution is 7.98. The molecule has 0 unspecified atom stereocenters. The fraction of sp³-hybridized carbons (Fsp3) is 0.316. The molecule has 6 nitrogen and oxygen atoms in total. The molecule has 0 bridgehead atoms. The quantitative estimate of drug-likeness (QED) is 0.586. The van der Waals surface area contributed by atoms with E-state index in [9.17, 15) is 14.9 Å². The number of fused-ring (bicyclic) bond motifs is 1. The van der Waals surface area contributed by atoms with Crippen molar-refractivity contribution >= 4 is 40.0 Å². The molecule has 0 spiro atoms. The molecule has 1 heterocycles. The van der Waals surface area contributed by atoms with Crippen LogP contribution in [-0.2, 0) is 22.4 Å².